The second-order valence-electron chi connectivity index (χ2n) is 9.47. The first-order chi connectivity index (χ1) is 16.5. The molecular formula is C27H25ClN2O4. The highest BCUT2D eigenvalue weighted by Crippen LogP contribution is 2.73. The maximum Gasteiger partial charge on any atom is 0.254 e. The van der Waals surface area contributed by atoms with Crippen molar-refractivity contribution in [3.8, 4) is 11.5 Å². The molecule has 2 aromatic rings. The van der Waals surface area contributed by atoms with Crippen LogP contribution in [0.15, 0.2) is 59.7 Å². The van der Waals surface area contributed by atoms with Crippen LogP contribution in [0.4, 0.5) is 0 Å². The zero-order valence-electron chi connectivity index (χ0n) is 18.8. The van der Waals surface area contributed by atoms with E-state index in [4.69, 9.17) is 21.1 Å². The Bertz CT molecular complexity index is 1200. The van der Waals surface area contributed by atoms with E-state index >= 15 is 0 Å². The number of imide groups is 1. The zero-order chi connectivity index (χ0) is 23.4. The van der Waals surface area contributed by atoms with E-state index in [2.05, 4.69) is 17.3 Å². The summed E-state index contributed by atoms with van der Waals surface area (Å²) in [6.07, 6.45) is 8.11. The van der Waals surface area contributed by atoms with Gasteiger partial charge in [0.2, 0.25) is 0 Å². The fraction of sp³-hybridized carbons (Fsp3) is 0.370. The molecule has 2 bridgehead atoms. The first-order valence-electron chi connectivity index (χ1n) is 11.8. The van der Waals surface area contributed by atoms with Gasteiger partial charge in [-0.3, -0.25) is 9.59 Å². The Morgan fingerprint density at radius 3 is 2.38 bits per heavy atom. The van der Waals surface area contributed by atoms with E-state index in [0.717, 1.165) is 23.4 Å². The maximum absolute atomic E-state index is 13.1. The van der Waals surface area contributed by atoms with E-state index in [-0.39, 0.29) is 40.9 Å². The standard InChI is InChI=1S/C27H25ClN2O4/c1-2-33-22-13-16(7-10-21(22)34-15-17-5-3-4-6-20(17)28)14-29-30-25(31)23-18-8-9-19(24(23)26(30)32)27(18)11-12-27/h3-10,13-14,18-19,23-24H,2,11-12,15H2,1H3/b29-14-/t18-,19-,23-,24+/m1/s1. The second-order valence-corrected chi connectivity index (χ2v) is 9.88. The SMILES string of the molecule is CCOc1cc(/C=N\N2C(=O)[C@@H]3[C@H](C2=O)[C@H]2C=C[C@H]3C23CC3)ccc1OCc1ccccc1Cl. The van der Waals surface area contributed by atoms with Gasteiger partial charge in [-0.05, 0) is 66.8 Å². The molecule has 34 heavy (non-hydrogen) atoms. The van der Waals surface area contributed by atoms with Crippen molar-refractivity contribution < 1.29 is 19.1 Å². The highest BCUT2D eigenvalue weighted by atomic mass is 35.5. The number of nitrogens with zero attached hydrogens (tertiary/aromatic N) is 2. The van der Waals surface area contributed by atoms with E-state index in [0.29, 0.717) is 35.3 Å². The van der Waals surface area contributed by atoms with Crippen LogP contribution in [-0.2, 0) is 16.2 Å². The van der Waals surface area contributed by atoms with E-state index in [1.807, 2.05) is 37.3 Å². The third kappa shape index (κ3) is 3.19. The number of hydrazone groups is 1. The zero-order valence-corrected chi connectivity index (χ0v) is 19.6. The van der Waals surface area contributed by atoms with Crippen molar-refractivity contribution in [2.75, 3.05) is 6.61 Å². The van der Waals surface area contributed by atoms with Crippen LogP contribution < -0.4 is 9.47 Å². The predicted molar refractivity (Wildman–Crippen MR) is 128 cm³/mol. The smallest absolute Gasteiger partial charge is 0.254 e. The number of hydrogen-bond acceptors (Lipinski definition) is 5. The molecule has 6 rings (SSSR count). The fourth-order valence-corrected chi connectivity index (χ4v) is 6.25. The third-order valence-corrected chi connectivity index (χ3v) is 8.13. The van der Waals surface area contributed by atoms with Gasteiger partial charge in [0.05, 0.1) is 24.7 Å². The van der Waals surface area contributed by atoms with Gasteiger partial charge in [-0.2, -0.15) is 10.1 Å². The normalized spacial score (nSPS) is 27.8. The predicted octanol–water partition coefficient (Wildman–Crippen LogP) is 4.85. The molecule has 7 heteroatoms. The molecule has 2 saturated carbocycles. The lowest BCUT2D eigenvalue weighted by molar-refractivity contribution is -0.141. The Hall–Kier alpha value is -3.12. The molecule has 174 valence electrons. The number of allylic oxidation sites excluding steroid dienone is 2. The van der Waals surface area contributed by atoms with Gasteiger partial charge in [0.25, 0.3) is 11.8 Å². The van der Waals surface area contributed by atoms with Crippen LogP contribution in [0, 0.1) is 29.1 Å². The summed E-state index contributed by atoms with van der Waals surface area (Å²) in [5, 5.41) is 6.03. The number of benzene rings is 2. The molecule has 6 nitrogen and oxygen atoms in total. The van der Waals surface area contributed by atoms with Gasteiger partial charge in [0.15, 0.2) is 11.5 Å². The Morgan fingerprint density at radius 1 is 1.03 bits per heavy atom. The van der Waals surface area contributed by atoms with Crippen LogP contribution in [0.5, 0.6) is 11.5 Å². The molecule has 2 aromatic carbocycles. The Morgan fingerprint density at radius 2 is 1.74 bits per heavy atom. The molecule has 3 fully saturated rings. The summed E-state index contributed by atoms with van der Waals surface area (Å²) in [5.41, 5.74) is 1.78. The summed E-state index contributed by atoms with van der Waals surface area (Å²) in [6.45, 7) is 2.67. The molecule has 0 aromatic heterocycles. The molecule has 4 atom stereocenters. The first kappa shape index (κ1) is 21.4. The fourth-order valence-electron chi connectivity index (χ4n) is 6.06. The Labute approximate surface area is 203 Å². The largest absolute Gasteiger partial charge is 0.490 e. The van der Waals surface area contributed by atoms with Crippen molar-refractivity contribution in [1.82, 2.24) is 5.01 Å². The average molecular weight is 477 g/mol. The number of halogens is 1. The molecule has 0 radical (unpaired) electrons. The van der Waals surface area contributed by atoms with E-state index in [9.17, 15) is 9.59 Å². The van der Waals surface area contributed by atoms with Gasteiger partial charge >= 0.3 is 0 Å². The minimum Gasteiger partial charge on any atom is -0.490 e. The van der Waals surface area contributed by atoms with Crippen molar-refractivity contribution in [3.05, 3.63) is 70.8 Å². The van der Waals surface area contributed by atoms with Crippen LogP contribution in [0.3, 0.4) is 0 Å². The number of amides is 2. The van der Waals surface area contributed by atoms with Crippen LogP contribution in [-0.4, -0.2) is 29.6 Å². The topological polar surface area (TPSA) is 68.2 Å². The number of hydrogen-bond donors (Lipinski definition) is 0. The molecular weight excluding hydrogens is 452 g/mol. The summed E-state index contributed by atoms with van der Waals surface area (Å²) in [7, 11) is 0. The van der Waals surface area contributed by atoms with Gasteiger partial charge in [0.1, 0.15) is 6.61 Å². The molecule has 0 N–H and O–H groups in total. The van der Waals surface area contributed by atoms with Gasteiger partial charge < -0.3 is 9.47 Å². The molecule has 1 saturated heterocycles. The molecule has 1 heterocycles. The van der Waals surface area contributed by atoms with Gasteiger partial charge in [-0.1, -0.05) is 42.0 Å². The van der Waals surface area contributed by atoms with E-state index in [1.54, 1.807) is 18.3 Å². The van der Waals surface area contributed by atoms with Crippen LogP contribution in [0.1, 0.15) is 30.9 Å². The number of fused-ring (bicyclic) bond motifs is 3. The highest BCUT2D eigenvalue weighted by molar-refractivity contribution is 6.31. The minimum atomic E-state index is -0.248. The van der Waals surface area contributed by atoms with Gasteiger partial charge in [-0.15, -0.1) is 0 Å². The van der Waals surface area contributed by atoms with Crippen LogP contribution in [0.2, 0.25) is 5.02 Å². The van der Waals surface area contributed by atoms with Crippen molar-refractivity contribution in [2.24, 2.45) is 34.2 Å². The van der Waals surface area contributed by atoms with E-state index in [1.165, 1.54) is 0 Å². The number of ether oxygens (including phenoxy) is 2. The second kappa shape index (κ2) is 7.98. The Balaban J connectivity index is 1.19. The minimum absolute atomic E-state index is 0.168. The third-order valence-electron chi connectivity index (χ3n) is 7.76. The summed E-state index contributed by atoms with van der Waals surface area (Å²) >= 11 is 6.23. The quantitative estimate of drug-likeness (QED) is 0.325. The number of carbonyl (C=O) groups excluding carboxylic acids is 2. The van der Waals surface area contributed by atoms with Gasteiger partial charge in [-0.25, -0.2) is 0 Å². The molecule has 4 aliphatic rings. The summed E-state index contributed by atoms with van der Waals surface area (Å²) < 4.78 is 11.7. The molecule has 0 unspecified atom stereocenters. The monoisotopic (exact) mass is 476 g/mol. The van der Waals surface area contributed by atoms with Crippen LogP contribution >= 0.6 is 11.6 Å². The molecule has 1 aliphatic heterocycles. The molecule has 2 amide bonds. The average Bonchev–Trinajstić information content (AvgIpc) is 3.44. The number of carbonyl (C=O) groups is 2. The summed E-state index contributed by atoms with van der Waals surface area (Å²) in [6, 6.07) is 12.9. The lowest BCUT2D eigenvalue weighted by atomic mass is 9.85. The molecule has 3 aliphatic carbocycles. The summed E-state index contributed by atoms with van der Waals surface area (Å²) in [5.74, 6) is 0.699. The Kier molecular flexibility index (Phi) is 5.03. The maximum atomic E-state index is 13.1. The van der Waals surface area contributed by atoms with E-state index < -0.39 is 0 Å². The van der Waals surface area contributed by atoms with Crippen LogP contribution in [0.25, 0.3) is 0 Å². The van der Waals surface area contributed by atoms with Gasteiger partial charge in [0, 0.05) is 10.6 Å². The lowest BCUT2D eigenvalue weighted by Gasteiger charge is -2.18. The van der Waals surface area contributed by atoms with Crippen molar-refractivity contribution in [1.29, 1.82) is 0 Å². The van der Waals surface area contributed by atoms with Crippen molar-refractivity contribution >= 4 is 29.6 Å². The highest BCUT2D eigenvalue weighted by Gasteiger charge is 2.73. The molecule has 1 spiro atoms. The number of rotatable bonds is 7. The van der Waals surface area contributed by atoms with Crippen molar-refractivity contribution in [2.45, 2.75) is 26.4 Å². The van der Waals surface area contributed by atoms with Crippen molar-refractivity contribution in [3.63, 3.8) is 0 Å². The first-order valence-corrected chi connectivity index (χ1v) is 12.1. The lowest BCUT2D eigenvalue weighted by Crippen LogP contribution is -2.30. The summed E-state index contributed by atoms with van der Waals surface area (Å²) in [4.78, 5) is 26.2.